The van der Waals surface area contributed by atoms with Gasteiger partial charge in [0.1, 0.15) is 17.1 Å². The molecule has 8 heteroatoms. The molecule has 2 aliphatic heterocycles. The van der Waals surface area contributed by atoms with Crippen molar-refractivity contribution in [3.8, 4) is 0 Å². The van der Waals surface area contributed by atoms with Crippen LogP contribution in [0.4, 0.5) is 0 Å². The van der Waals surface area contributed by atoms with Gasteiger partial charge >= 0.3 is 0 Å². The van der Waals surface area contributed by atoms with Crippen molar-refractivity contribution in [2.24, 2.45) is 0 Å². The molecule has 2 aromatic rings. The van der Waals surface area contributed by atoms with Gasteiger partial charge in [-0.3, -0.25) is 14.2 Å². The Hall–Kier alpha value is -2.48. The summed E-state index contributed by atoms with van der Waals surface area (Å²) < 4.78 is 7.03. The van der Waals surface area contributed by atoms with Crippen LogP contribution in [0.3, 0.4) is 0 Å². The standard InChI is InChI=1S/C20H27N5O3/c1-12-18(13(2)28-22-12)20(27)24-9-8-16-15(11-24)19(26)25-14(10-23(3)4)6-5-7-17(25)21-16/h14H,5-11H2,1-4H3/t14-/m1/s1. The highest BCUT2D eigenvalue weighted by molar-refractivity contribution is 5.96. The van der Waals surface area contributed by atoms with E-state index in [0.29, 0.717) is 42.1 Å². The lowest BCUT2D eigenvalue weighted by molar-refractivity contribution is 0.0729. The number of carbonyl (C=O) groups is 1. The third-order valence-electron chi connectivity index (χ3n) is 5.75. The van der Waals surface area contributed by atoms with E-state index in [0.717, 1.165) is 37.3 Å². The summed E-state index contributed by atoms with van der Waals surface area (Å²) in [5, 5.41) is 3.88. The Morgan fingerprint density at radius 1 is 1.29 bits per heavy atom. The summed E-state index contributed by atoms with van der Waals surface area (Å²) in [4.78, 5) is 35.1. The minimum Gasteiger partial charge on any atom is -0.361 e. The second-order valence-electron chi connectivity index (χ2n) is 8.11. The van der Waals surface area contributed by atoms with Crippen LogP contribution in [0.1, 0.15) is 57.8 Å². The van der Waals surface area contributed by atoms with E-state index in [1.165, 1.54) is 0 Å². The van der Waals surface area contributed by atoms with E-state index in [4.69, 9.17) is 9.51 Å². The average Bonchev–Trinajstić information content (AvgIpc) is 2.99. The Morgan fingerprint density at radius 2 is 2.07 bits per heavy atom. The minimum atomic E-state index is -0.131. The molecule has 0 unspecified atom stereocenters. The van der Waals surface area contributed by atoms with Gasteiger partial charge in [-0.25, -0.2) is 4.98 Å². The summed E-state index contributed by atoms with van der Waals surface area (Å²) in [5.41, 5.74) is 2.60. The van der Waals surface area contributed by atoms with Crippen LogP contribution < -0.4 is 5.56 Å². The lowest BCUT2D eigenvalue weighted by Gasteiger charge is -2.33. The van der Waals surface area contributed by atoms with Crippen LogP contribution in [0, 0.1) is 13.8 Å². The zero-order chi connectivity index (χ0) is 20.0. The monoisotopic (exact) mass is 385 g/mol. The molecule has 0 spiro atoms. The first kappa shape index (κ1) is 18.9. The zero-order valence-electron chi connectivity index (χ0n) is 17.0. The largest absolute Gasteiger partial charge is 0.361 e. The van der Waals surface area contributed by atoms with Gasteiger partial charge in [0.2, 0.25) is 0 Å². The van der Waals surface area contributed by atoms with E-state index in [2.05, 4.69) is 10.1 Å². The Labute approximate surface area is 164 Å². The summed E-state index contributed by atoms with van der Waals surface area (Å²) in [5.74, 6) is 1.28. The highest BCUT2D eigenvalue weighted by Crippen LogP contribution is 2.26. The second-order valence-corrected chi connectivity index (χ2v) is 8.11. The number of carbonyl (C=O) groups excluding carboxylic acids is 1. The van der Waals surface area contributed by atoms with Crippen molar-refractivity contribution < 1.29 is 9.32 Å². The molecular formula is C20H27N5O3. The minimum absolute atomic E-state index is 0.0165. The first-order valence-corrected chi connectivity index (χ1v) is 9.87. The molecule has 8 nitrogen and oxygen atoms in total. The predicted octanol–water partition coefficient (Wildman–Crippen LogP) is 1.49. The van der Waals surface area contributed by atoms with Gasteiger partial charge < -0.3 is 14.3 Å². The van der Waals surface area contributed by atoms with Gasteiger partial charge in [0.25, 0.3) is 11.5 Å². The Balaban J connectivity index is 1.69. The van der Waals surface area contributed by atoms with Crippen molar-refractivity contribution in [1.82, 2.24) is 24.5 Å². The van der Waals surface area contributed by atoms with Crippen LogP contribution in [-0.4, -0.2) is 57.6 Å². The third kappa shape index (κ3) is 3.15. The second kappa shape index (κ2) is 7.16. The highest BCUT2D eigenvalue weighted by atomic mass is 16.5. The van der Waals surface area contributed by atoms with Crippen LogP contribution in [0.5, 0.6) is 0 Å². The normalized spacial score (nSPS) is 18.9. The first-order chi connectivity index (χ1) is 13.4. The van der Waals surface area contributed by atoms with Gasteiger partial charge in [-0.1, -0.05) is 5.16 Å². The lowest BCUT2D eigenvalue weighted by atomic mass is 10.00. The molecule has 4 rings (SSSR count). The molecule has 0 saturated carbocycles. The van der Waals surface area contributed by atoms with E-state index in [9.17, 15) is 9.59 Å². The maximum absolute atomic E-state index is 13.4. The predicted molar refractivity (Wildman–Crippen MR) is 103 cm³/mol. The number of hydrogen-bond acceptors (Lipinski definition) is 6. The Kier molecular flexibility index (Phi) is 4.82. The van der Waals surface area contributed by atoms with Gasteiger partial charge in [-0.2, -0.15) is 0 Å². The quantitative estimate of drug-likeness (QED) is 0.796. The average molecular weight is 385 g/mol. The van der Waals surface area contributed by atoms with E-state index < -0.39 is 0 Å². The van der Waals surface area contributed by atoms with E-state index >= 15 is 0 Å². The molecule has 0 aromatic carbocycles. The molecular weight excluding hydrogens is 358 g/mol. The van der Waals surface area contributed by atoms with Crippen molar-refractivity contribution in [3.63, 3.8) is 0 Å². The molecule has 0 radical (unpaired) electrons. The number of aryl methyl sites for hydroxylation is 3. The zero-order valence-corrected chi connectivity index (χ0v) is 17.0. The van der Waals surface area contributed by atoms with Crippen LogP contribution in [0.2, 0.25) is 0 Å². The molecule has 1 atom stereocenters. The topological polar surface area (TPSA) is 84.5 Å². The molecule has 1 amide bonds. The van der Waals surface area contributed by atoms with E-state index in [1.807, 2.05) is 18.7 Å². The van der Waals surface area contributed by atoms with Crippen molar-refractivity contribution in [2.75, 3.05) is 27.2 Å². The molecule has 4 heterocycles. The molecule has 150 valence electrons. The van der Waals surface area contributed by atoms with Gasteiger partial charge in [0.15, 0.2) is 0 Å². The number of nitrogens with zero attached hydrogens (tertiary/aromatic N) is 5. The van der Waals surface area contributed by atoms with Gasteiger partial charge in [0.05, 0.1) is 29.5 Å². The number of fused-ring (bicyclic) bond motifs is 2. The van der Waals surface area contributed by atoms with Crippen molar-refractivity contribution in [1.29, 1.82) is 0 Å². The third-order valence-corrected chi connectivity index (χ3v) is 5.75. The molecule has 28 heavy (non-hydrogen) atoms. The van der Waals surface area contributed by atoms with Crippen molar-refractivity contribution in [2.45, 2.75) is 52.1 Å². The summed E-state index contributed by atoms with van der Waals surface area (Å²) in [6.45, 7) is 5.16. The smallest absolute Gasteiger partial charge is 0.259 e. The SMILES string of the molecule is Cc1noc(C)c1C(=O)N1CCc2nc3n(c(=O)c2C1)[C@@H](CN(C)C)CCC3. The fourth-order valence-corrected chi connectivity index (χ4v) is 4.43. The first-order valence-electron chi connectivity index (χ1n) is 9.87. The summed E-state index contributed by atoms with van der Waals surface area (Å²) in [6, 6.07) is 0.137. The van der Waals surface area contributed by atoms with Gasteiger partial charge in [-0.05, 0) is 40.8 Å². The van der Waals surface area contributed by atoms with Crippen LogP contribution in [0.25, 0.3) is 0 Å². The van der Waals surface area contributed by atoms with Crippen molar-refractivity contribution >= 4 is 5.91 Å². The number of amides is 1. The molecule has 0 N–H and O–H groups in total. The number of aromatic nitrogens is 3. The summed E-state index contributed by atoms with van der Waals surface area (Å²) in [6.07, 6.45) is 3.48. The molecule has 0 bridgehead atoms. The van der Waals surface area contributed by atoms with Crippen LogP contribution in [0.15, 0.2) is 9.32 Å². The van der Waals surface area contributed by atoms with Gasteiger partial charge in [0, 0.05) is 25.9 Å². The highest BCUT2D eigenvalue weighted by Gasteiger charge is 2.32. The Morgan fingerprint density at radius 3 is 2.75 bits per heavy atom. The molecule has 0 saturated heterocycles. The number of likely N-dealkylation sites (N-methyl/N-ethyl adjacent to an activating group) is 1. The van der Waals surface area contributed by atoms with Crippen LogP contribution >= 0.6 is 0 Å². The fourth-order valence-electron chi connectivity index (χ4n) is 4.43. The van der Waals surface area contributed by atoms with Gasteiger partial charge in [-0.15, -0.1) is 0 Å². The number of rotatable bonds is 3. The maximum Gasteiger partial charge on any atom is 0.259 e. The molecule has 2 aromatic heterocycles. The molecule has 0 fully saturated rings. The summed E-state index contributed by atoms with van der Waals surface area (Å²) >= 11 is 0. The summed E-state index contributed by atoms with van der Waals surface area (Å²) in [7, 11) is 4.05. The maximum atomic E-state index is 13.4. The van der Waals surface area contributed by atoms with E-state index in [1.54, 1.807) is 18.7 Å². The molecule has 0 aliphatic carbocycles. The fraction of sp³-hybridized carbons (Fsp3) is 0.600. The number of hydrogen-bond donors (Lipinski definition) is 0. The molecule has 2 aliphatic rings. The lowest BCUT2D eigenvalue weighted by Crippen LogP contribution is -2.44. The van der Waals surface area contributed by atoms with Crippen LogP contribution in [-0.2, 0) is 19.4 Å². The van der Waals surface area contributed by atoms with E-state index in [-0.39, 0.29) is 17.5 Å². The Bertz CT molecular complexity index is 955. The van der Waals surface area contributed by atoms with Crippen molar-refractivity contribution in [3.05, 3.63) is 44.5 Å².